The Labute approximate surface area is 151 Å². The molecule has 5 nitrogen and oxygen atoms in total. The number of benzene rings is 1. The molecule has 1 atom stereocenters. The predicted molar refractivity (Wildman–Crippen MR) is 97.5 cm³/mol. The molecule has 138 valence electrons. The zero-order valence-electron chi connectivity index (χ0n) is 14.6. The second-order valence-electron chi connectivity index (χ2n) is 6.47. The van der Waals surface area contributed by atoms with Gasteiger partial charge in [0.1, 0.15) is 5.69 Å². The molecule has 0 saturated carbocycles. The van der Waals surface area contributed by atoms with E-state index in [0.29, 0.717) is 24.0 Å². The fourth-order valence-electron chi connectivity index (χ4n) is 3.00. The topological polar surface area (TPSA) is 62.6 Å². The van der Waals surface area contributed by atoms with Gasteiger partial charge in [-0.2, -0.15) is 0 Å². The molecule has 1 aliphatic rings. The Morgan fingerprint density at radius 2 is 1.77 bits per heavy atom. The van der Waals surface area contributed by atoms with Crippen molar-refractivity contribution in [1.29, 1.82) is 0 Å². The van der Waals surface area contributed by atoms with E-state index < -0.39 is 27.2 Å². The van der Waals surface area contributed by atoms with Crippen LogP contribution in [0.15, 0.2) is 53.5 Å². The second kappa shape index (κ2) is 6.12. The van der Waals surface area contributed by atoms with Crippen molar-refractivity contribution in [2.24, 2.45) is 4.99 Å². The van der Waals surface area contributed by atoms with Crippen molar-refractivity contribution in [2.75, 3.05) is 17.7 Å². The largest absolute Gasteiger partial charge is 0.321 e. The summed E-state index contributed by atoms with van der Waals surface area (Å²) in [4.78, 5) is 7.34. The average Bonchev–Trinajstić information content (AvgIpc) is 2.97. The minimum Gasteiger partial charge on any atom is -0.321 e. The summed E-state index contributed by atoms with van der Waals surface area (Å²) in [7, 11) is -4.22. The zero-order valence-corrected chi connectivity index (χ0v) is 15.5. The third-order valence-electron chi connectivity index (χ3n) is 4.40. The molecule has 0 N–H and O–H groups in total. The van der Waals surface area contributed by atoms with E-state index in [0.717, 1.165) is 6.26 Å². The number of hydrogen-bond donors (Lipinski definition) is 0. The van der Waals surface area contributed by atoms with Crippen molar-refractivity contribution < 1.29 is 17.2 Å². The van der Waals surface area contributed by atoms with Gasteiger partial charge in [0.2, 0.25) is 4.87 Å². The lowest BCUT2D eigenvalue weighted by Gasteiger charge is -2.31. The lowest BCUT2D eigenvalue weighted by atomic mass is 10.1. The van der Waals surface area contributed by atoms with Crippen molar-refractivity contribution in [1.82, 2.24) is 4.98 Å². The Balaban J connectivity index is 2.26. The van der Waals surface area contributed by atoms with E-state index >= 15 is 0 Å². The van der Waals surface area contributed by atoms with E-state index in [4.69, 9.17) is 0 Å². The first-order valence-electron chi connectivity index (χ1n) is 7.99. The SMILES string of the molecule is Cc1cccc(C2=NC(C(C)(F)F)(S(C)(=O)=O)CN2c2ccccc2)n1. The van der Waals surface area contributed by atoms with Crippen LogP contribution in [0.25, 0.3) is 0 Å². The van der Waals surface area contributed by atoms with Crippen LogP contribution in [-0.4, -0.2) is 42.8 Å². The van der Waals surface area contributed by atoms with Crippen LogP contribution in [0, 0.1) is 6.92 Å². The van der Waals surface area contributed by atoms with Crippen LogP contribution in [-0.2, 0) is 9.84 Å². The molecule has 1 unspecified atom stereocenters. The maximum atomic E-state index is 14.5. The van der Waals surface area contributed by atoms with E-state index in [1.54, 1.807) is 55.5 Å². The van der Waals surface area contributed by atoms with Crippen molar-refractivity contribution in [3.8, 4) is 0 Å². The summed E-state index contributed by atoms with van der Waals surface area (Å²) >= 11 is 0. The molecular weight excluding hydrogens is 360 g/mol. The summed E-state index contributed by atoms with van der Waals surface area (Å²) in [5.74, 6) is -3.45. The Morgan fingerprint density at radius 3 is 2.31 bits per heavy atom. The van der Waals surface area contributed by atoms with Gasteiger partial charge in [0.25, 0.3) is 5.92 Å². The van der Waals surface area contributed by atoms with E-state index in [9.17, 15) is 17.2 Å². The monoisotopic (exact) mass is 379 g/mol. The van der Waals surface area contributed by atoms with E-state index in [-0.39, 0.29) is 5.84 Å². The van der Waals surface area contributed by atoms with Crippen LogP contribution < -0.4 is 4.90 Å². The van der Waals surface area contributed by atoms with Crippen molar-refractivity contribution in [3.05, 3.63) is 59.9 Å². The van der Waals surface area contributed by atoms with Crippen molar-refractivity contribution in [2.45, 2.75) is 24.6 Å². The van der Waals surface area contributed by atoms with E-state index in [2.05, 4.69) is 9.98 Å². The fraction of sp³-hybridized carbons (Fsp3) is 0.333. The van der Waals surface area contributed by atoms with Gasteiger partial charge in [-0.3, -0.25) is 0 Å². The van der Waals surface area contributed by atoms with Crippen LogP contribution in [0.5, 0.6) is 0 Å². The molecule has 1 aromatic carbocycles. The van der Waals surface area contributed by atoms with Gasteiger partial charge in [-0.25, -0.2) is 27.2 Å². The lowest BCUT2D eigenvalue weighted by molar-refractivity contribution is -0.0157. The molecule has 0 radical (unpaired) electrons. The van der Waals surface area contributed by atoms with Crippen molar-refractivity contribution >= 4 is 21.4 Å². The minimum absolute atomic E-state index is 0.117. The first kappa shape index (κ1) is 18.4. The summed E-state index contributed by atoms with van der Waals surface area (Å²) < 4.78 is 53.8. The third-order valence-corrected chi connectivity index (χ3v) is 6.20. The number of sulfone groups is 1. The highest BCUT2D eigenvalue weighted by molar-refractivity contribution is 7.92. The van der Waals surface area contributed by atoms with Gasteiger partial charge in [-0.1, -0.05) is 24.3 Å². The Kier molecular flexibility index (Phi) is 4.34. The van der Waals surface area contributed by atoms with Crippen LogP contribution in [0.2, 0.25) is 0 Å². The number of rotatable bonds is 4. The number of pyridine rings is 1. The fourth-order valence-corrected chi connectivity index (χ4v) is 4.27. The number of nitrogens with zero attached hydrogens (tertiary/aromatic N) is 3. The van der Waals surface area contributed by atoms with Crippen LogP contribution in [0.4, 0.5) is 14.5 Å². The van der Waals surface area contributed by atoms with Gasteiger partial charge < -0.3 is 4.90 Å². The summed E-state index contributed by atoms with van der Waals surface area (Å²) in [6.07, 6.45) is 0.795. The summed E-state index contributed by atoms with van der Waals surface area (Å²) in [6.45, 7) is 1.88. The number of anilines is 1. The quantitative estimate of drug-likeness (QED) is 0.819. The number of amidine groups is 1. The average molecular weight is 379 g/mol. The van der Waals surface area contributed by atoms with Crippen LogP contribution >= 0.6 is 0 Å². The zero-order chi connectivity index (χ0) is 19.2. The Hall–Kier alpha value is -2.35. The number of aliphatic imine (C=N–C) groups is 1. The Bertz CT molecular complexity index is 956. The molecule has 0 amide bonds. The summed E-state index contributed by atoms with van der Waals surface area (Å²) in [5.41, 5.74) is 1.60. The van der Waals surface area contributed by atoms with Gasteiger partial charge >= 0.3 is 0 Å². The molecule has 0 saturated heterocycles. The molecule has 0 spiro atoms. The normalized spacial score (nSPS) is 21.0. The number of halogens is 2. The van der Waals surface area contributed by atoms with E-state index in [1.807, 2.05) is 0 Å². The van der Waals surface area contributed by atoms with Crippen molar-refractivity contribution in [3.63, 3.8) is 0 Å². The van der Waals surface area contributed by atoms with Gasteiger partial charge in [0.15, 0.2) is 15.7 Å². The molecule has 26 heavy (non-hydrogen) atoms. The molecule has 0 bridgehead atoms. The standard InChI is InChI=1S/C18H19F2N3O2S/c1-13-8-7-11-15(21-13)16-22-18(17(2,19)20,26(3,24)25)12-23(16)14-9-5-4-6-10-14/h4-11H,12H2,1-3H3. The minimum atomic E-state index is -4.22. The van der Waals surface area contributed by atoms with Gasteiger partial charge in [-0.15, -0.1) is 0 Å². The second-order valence-corrected chi connectivity index (χ2v) is 8.69. The Morgan fingerprint density at radius 1 is 1.12 bits per heavy atom. The predicted octanol–water partition coefficient (Wildman–Crippen LogP) is 3.05. The maximum absolute atomic E-state index is 14.5. The first-order valence-corrected chi connectivity index (χ1v) is 9.88. The smallest absolute Gasteiger partial charge is 0.286 e. The molecule has 1 aliphatic heterocycles. The molecule has 2 aromatic rings. The van der Waals surface area contributed by atoms with E-state index in [1.165, 1.54) is 4.90 Å². The van der Waals surface area contributed by atoms with Gasteiger partial charge in [0, 0.05) is 24.6 Å². The molecule has 0 aliphatic carbocycles. The highest BCUT2D eigenvalue weighted by atomic mass is 32.2. The van der Waals surface area contributed by atoms with Gasteiger partial charge in [-0.05, 0) is 31.2 Å². The maximum Gasteiger partial charge on any atom is 0.286 e. The van der Waals surface area contributed by atoms with Gasteiger partial charge in [0.05, 0.1) is 6.54 Å². The highest BCUT2D eigenvalue weighted by Gasteiger charge is 2.62. The number of para-hydroxylation sites is 1. The highest BCUT2D eigenvalue weighted by Crippen LogP contribution is 2.42. The number of aromatic nitrogens is 1. The summed E-state index contributed by atoms with van der Waals surface area (Å²) in [6, 6.07) is 13.9. The molecule has 1 aromatic heterocycles. The molecule has 2 heterocycles. The molecule has 0 fully saturated rings. The molecular formula is C18H19F2N3O2S. The lowest BCUT2D eigenvalue weighted by Crippen LogP contribution is -2.54. The summed E-state index contributed by atoms with van der Waals surface area (Å²) in [5, 5.41) is 0. The first-order chi connectivity index (χ1) is 12.1. The number of aryl methyl sites for hydroxylation is 1. The van der Waals surface area contributed by atoms with Crippen LogP contribution in [0.1, 0.15) is 18.3 Å². The van der Waals surface area contributed by atoms with Crippen LogP contribution in [0.3, 0.4) is 0 Å². The molecule has 8 heteroatoms. The number of alkyl halides is 2. The number of hydrogen-bond acceptors (Lipinski definition) is 5. The molecule has 3 rings (SSSR count). The third kappa shape index (κ3) is 2.98.